The number of rotatable bonds is 2. The predicted octanol–water partition coefficient (Wildman–Crippen LogP) is 0.714. The van der Waals surface area contributed by atoms with E-state index in [0.717, 1.165) is 8.45 Å². The Kier molecular flexibility index (Phi) is 6.27. The van der Waals surface area contributed by atoms with Gasteiger partial charge in [-0.2, -0.15) is 0 Å². The van der Waals surface area contributed by atoms with E-state index in [4.69, 9.17) is 0 Å². The minimum atomic E-state index is -1.74. The van der Waals surface area contributed by atoms with E-state index in [1.165, 1.54) is 12.1 Å². The van der Waals surface area contributed by atoms with Gasteiger partial charge in [-0.05, 0) is 0 Å². The fraction of sp³-hybridized carbons (Fsp3) is 0.333. The molecule has 0 nitrogen and oxygen atoms in total. The second kappa shape index (κ2) is 7.93. The molecule has 1 heterocycles. The number of allylic oxidation sites excluding steroid dienone is 2. The molecule has 4 heteroatoms. The summed E-state index contributed by atoms with van der Waals surface area (Å²) >= 11 is -0.152. The Bertz CT molecular complexity index is 912. The first-order valence-electron chi connectivity index (χ1n) is 10.0. The second-order valence-corrected chi connectivity index (χ2v) is 15.0. The van der Waals surface area contributed by atoms with Gasteiger partial charge in [0, 0.05) is 0 Å². The van der Waals surface area contributed by atoms with Crippen LogP contribution in [0.4, 0.5) is 0 Å². The van der Waals surface area contributed by atoms with Crippen LogP contribution in [0.15, 0.2) is 59.7 Å². The summed E-state index contributed by atoms with van der Waals surface area (Å²) in [6.45, 7) is 9.92. The number of fused-ring (bicyclic) bond motifs is 8. The van der Waals surface area contributed by atoms with Crippen LogP contribution < -0.4 is 24.8 Å². The zero-order chi connectivity index (χ0) is 18.1. The summed E-state index contributed by atoms with van der Waals surface area (Å²) in [6.07, 6.45) is 0. The third kappa shape index (κ3) is 2.67. The Morgan fingerprint density at radius 2 is 1.11 bits per heavy atom. The van der Waals surface area contributed by atoms with Gasteiger partial charge >= 0.3 is 168 Å². The first-order valence-corrected chi connectivity index (χ1v) is 14.2. The molecule has 28 heavy (non-hydrogen) atoms. The molecule has 0 N–H and O–H groups in total. The monoisotopic (exact) mass is 460 g/mol. The summed E-state index contributed by atoms with van der Waals surface area (Å²) < 4.78 is 1.47. The molecule has 1 aliphatic heterocycles. The maximum absolute atomic E-state index is 2.49. The molecule has 2 atom stereocenters. The summed E-state index contributed by atoms with van der Waals surface area (Å²) in [7, 11) is -1.74. The first-order chi connectivity index (χ1) is 12.6. The third-order valence-corrected chi connectivity index (χ3v) is 16.3. The van der Waals surface area contributed by atoms with Crippen molar-refractivity contribution in [1.82, 2.24) is 0 Å². The molecule has 4 bridgehead atoms. The smallest absolute Gasteiger partial charge is 1.00 e. The average Bonchev–Trinajstić information content (AvgIpc) is 3.13. The van der Waals surface area contributed by atoms with Gasteiger partial charge in [0.15, 0.2) is 0 Å². The fourth-order valence-corrected chi connectivity index (χ4v) is 15.1. The van der Waals surface area contributed by atoms with Crippen LogP contribution in [-0.4, -0.2) is 8.07 Å². The molecule has 0 spiro atoms. The van der Waals surface area contributed by atoms with Gasteiger partial charge in [-0.3, -0.25) is 0 Å². The Morgan fingerprint density at radius 1 is 0.714 bits per heavy atom. The fourth-order valence-electron chi connectivity index (χ4n) is 6.08. The molecule has 0 aromatic heterocycles. The van der Waals surface area contributed by atoms with Crippen LogP contribution in [0.1, 0.15) is 58.4 Å². The van der Waals surface area contributed by atoms with E-state index in [0.29, 0.717) is 0 Å². The third-order valence-electron chi connectivity index (χ3n) is 7.23. The number of hydrogen-bond acceptors (Lipinski definition) is 0. The van der Waals surface area contributed by atoms with Crippen LogP contribution in [0, 0.1) is 0 Å². The van der Waals surface area contributed by atoms with Crippen LogP contribution in [0.25, 0.3) is 10.4 Å². The number of hydrogen-bond donors (Lipinski definition) is 0. The van der Waals surface area contributed by atoms with Crippen molar-refractivity contribution in [1.29, 1.82) is 0 Å². The van der Waals surface area contributed by atoms with Crippen molar-refractivity contribution < 1.29 is 44.0 Å². The molecule has 0 fully saturated rings. The van der Waals surface area contributed by atoms with Gasteiger partial charge in [0.2, 0.25) is 0 Å². The molecule has 0 saturated heterocycles. The van der Waals surface area contributed by atoms with Gasteiger partial charge in [-0.1, -0.05) is 0 Å². The van der Waals surface area contributed by atoms with E-state index >= 15 is 0 Å². The zero-order valence-electron chi connectivity index (χ0n) is 16.9. The molecule has 144 valence electrons. The summed E-state index contributed by atoms with van der Waals surface area (Å²) in [5.74, 6) is 0. The van der Waals surface area contributed by atoms with Crippen molar-refractivity contribution in [2.75, 3.05) is 0 Å². The standard InChI is InChI=1S/C24H26Si.2ClH.Ti/c1-5-25(6-2,23-17(3)15-19-11-7-9-13-21(19)23)24-18(4)16-20-12-8-10-14-22(20)24;;;/h7-16H,5-6H2,1-4H3;2*1H;/q;;;+2/p-2. The van der Waals surface area contributed by atoms with Gasteiger partial charge in [0.1, 0.15) is 0 Å². The Hall–Kier alpha value is -0.569. The minimum Gasteiger partial charge on any atom is -1.00 e. The molecular weight excluding hydrogens is 435 g/mol. The van der Waals surface area contributed by atoms with Crippen molar-refractivity contribution in [3.63, 3.8) is 0 Å². The number of halogens is 2. The predicted molar refractivity (Wildman–Crippen MR) is 110 cm³/mol. The van der Waals surface area contributed by atoms with Crippen LogP contribution in [0.3, 0.4) is 0 Å². The van der Waals surface area contributed by atoms with Crippen molar-refractivity contribution in [2.45, 2.75) is 48.2 Å². The van der Waals surface area contributed by atoms with Crippen LogP contribution in [0.2, 0.25) is 12.1 Å². The van der Waals surface area contributed by atoms with Crippen molar-refractivity contribution in [3.8, 4) is 0 Å². The van der Waals surface area contributed by atoms with E-state index in [1.807, 2.05) is 10.4 Å². The normalized spacial score (nSPS) is 22.7. The van der Waals surface area contributed by atoms with E-state index in [1.54, 1.807) is 33.4 Å². The van der Waals surface area contributed by atoms with Crippen LogP contribution in [0.5, 0.6) is 0 Å². The molecule has 2 unspecified atom stereocenters. The van der Waals surface area contributed by atoms with E-state index < -0.39 is 8.07 Å². The molecule has 2 aliphatic carbocycles. The van der Waals surface area contributed by atoms with Gasteiger partial charge in [0.05, 0.1) is 0 Å². The van der Waals surface area contributed by atoms with Crippen molar-refractivity contribution >= 4 is 18.5 Å². The zero-order valence-corrected chi connectivity index (χ0v) is 21.0. The summed E-state index contributed by atoms with van der Waals surface area (Å²) in [6, 6.07) is 21.5. The van der Waals surface area contributed by atoms with Gasteiger partial charge in [-0.25, -0.2) is 0 Å². The Morgan fingerprint density at radius 3 is 1.50 bits per heavy atom. The molecular formula is C24H26Cl2SiTi. The van der Waals surface area contributed by atoms with E-state index in [2.05, 4.69) is 76.2 Å². The average molecular weight is 461 g/mol. The van der Waals surface area contributed by atoms with E-state index in [9.17, 15) is 0 Å². The maximum Gasteiger partial charge on any atom is -1.00 e. The topological polar surface area (TPSA) is 0 Å². The van der Waals surface area contributed by atoms with Gasteiger partial charge in [-0.15, -0.1) is 0 Å². The van der Waals surface area contributed by atoms with Crippen molar-refractivity contribution in [2.24, 2.45) is 0 Å². The molecule has 2 aromatic carbocycles. The number of benzene rings is 2. The van der Waals surface area contributed by atoms with Crippen LogP contribution in [-0.2, 0) is 19.2 Å². The molecule has 0 saturated carbocycles. The Labute approximate surface area is 191 Å². The van der Waals surface area contributed by atoms with Crippen molar-refractivity contribution in [3.05, 3.63) is 81.9 Å². The van der Waals surface area contributed by atoms with Crippen LogP contribution >= 0.6 is 0 Å². The second-order valence-electron chi connectivity index (χ2n) is 8.11. The van der Waals surface area contributed by atoms with Gasteiger partial charge in [0.25, 0.3) is 0 Å². The summed E-state index contributed by atoms with van der Waals surface area (Å²) in [4.78, 5) is 0. The maximum atomic E-state index is 2.49. The largest absolute Gasteiger partial charge is 1.00 e. The molecule has 0 amide bonds. The minimum absolute atomic E-state index is 0. The molecule has 2 aromatic rings. The molecule has 3 aliphatic rings. The summed E-state index contributed by atoms with van der Waals surface area (Å²) in [5.41, 5.74) is 10.1. The molecule has 5 rings (SSSR count). The first kappa shape index (κ1) is 22.1. The summed E-state index contributed by atoms with van der Waals surface area (Å²) in [5, 5.41) is 3.63. The van der Waals surface area contributed by atoms with E-state index in [-0.39, 0.29) is 44.0 Å². The SMILES string of the molecule is CC[Si]1(CC)C2=C(C)[CH]([Ti+2][CH]3C(C)=C1c1ccccc13)c1ccccc12.[Cl-].[Cl-]. The van der Waals surface area contributed by atoms with Gasteiger partial charge < -0.3 is 24.8 Å². The Balaban J connectivity index is 0.00000112. The molecule has 0 radical (unpaired) electrons. The quantitative estimate of drug-likeness (QED) is 0.579.